The van der Waals surface area contributed by atoms with Crippen LogP contribution in [0.3, 0.4) is 0 Å². The molecule has 174 valence electrons. The number of aliphatic hydroxyl groups excluding tert-OH is 1. The van der Waals surface area contributed by atoms with Crippen LogP contribution in [0.1, 0.15) is 62.7 Å². The second-order valence-corrected chi connectivity index (χ2v) is 8.56. The zero-order valence-corrected chi connectivity index (χ0v) is 19.6. The second kappa shape index (κ2) is 11.9. The molecule has 1 heterocycles. The van der Waals surface area contributed by atoms with Gasteiger partial charge in [0.05, 0.1) is 11.0 Å². The summed E-state index contributed by atoms with van der Waals surface area (Å²) in [5.41, 5.74) is 3.51. The first-order chi connectivity index (χ1) is 15.5. The van der Waals surface area contributed by atoms with Crippen LogP contribution in [-0.4, -0.2) is 27.4 Å². The van der Waals surface area contributed by atoms with Crippen LogP contribution < -0.4 is 15.7 Å². The van der Waals surface area contributed by atoms with Gasteiger partial charge in [0, 0.05) is 20.6 Å². The Morgan fingerprint density at radius 1 is 0.938 bits per heavy atom. The molecule has 0 unspecified atom stereocenters. The third-order valence-corrected chi connectivity index (χ3v) is 6.05. The fraction of sp³-hybridized carbons (Fsp3) is 0.500. The highest BCUT2D eigenvalue weighted by Gasteiger charge is 2.13. The van der Waals surface area contributed by atoms with Crippen molar-refractivity contribution in [1.82, 2.24) is 14.5 Å². The number of hydrogen-bond donors (Lipinski definition) is 2. The van der Waals surface area contributed by atoms with Crippen LogP contribution in [0.2, 0.25) is 0 Å². The van der Waals surface area contributed by atoms with E-state index in [0.29, 0.717) is 0 Å². The highest BCUT2D eigenvalue weighted by atomic mass is 16.5. The van der Waals surface area contributed by atoms with Gasteiger partial charge in [-0.05, 0) is 48.4 Å². The Bertz CT molecular complexity index is 1040. The van der Waals surface area contributed by atoms with E-state index in [1.807, 2.05) is 30.3 Å². The summed E-state index contributed by atoms with van der Waals surface area (Å²) in [5, 5.41) is 14.1. The van der Waals surface area contributed by atoms with Crippen molar-refractivity contribution in [3.63, 3.8) is 0 Å². The molecular formula is C26H37N3O3. The second-order valence-electron chi connectivity index (χ2n) is 8.56. The van der Waals surface area contributed by atoms with E-state index in [1.165, 1.54) is 44.1 Å². The quantitative estimate of drug-likeness (QED) is 0.386. The number of ether oxygens (including phenoxy) is 1. The lowest BCUT2D eigenvalue weighted by Gasteiger charge is -2.14. The molecule has 1 atom stereocenters. The molecule has 3 rings (SSSR count). The highest BCUT2D eigenvalue weighted by molar-refractivity contribution is 5.76. The Hall–Kier alpha value is -2.57. The number of unbranched alkanes of at least 4 members (excludes halogenated alkanes) is 5. The first-order valence-corrected chi connectivity index (χ1v) is 11.8. The number of benzene rings is 2. The van der Waals surface area contributed by atoms with Crippen LogP contribution in [0.5, 0.6) is 5.75 Å². The van der Waals surface area contributed by atoms with E-state index < -0.39 is 6.10 Å². The van der Waals surface area contributed by atoms with E-state index in [-0.39, 0.29) is 12.3 Å². The van der Waals surface area contributed by atoms with Crippen LogP contribution in [0.4, 0.5) is 0 Å². The summed E-state index contributed by atoms with van der Waals surface area (Å²) < 4.78 is 8.99. The summed E-state index contributed by atoms with van der Waals surface area (Å²) >= 11 is 0. The van der Waals surface area contributed by atoms with Gasteiger partial charge in [-0.3, -0.25) is 9.13 Å². The van der Waals surface area contributed by atoms with Gasteiger partial charge in [0.2, 0.25) is 0 Å². The number of aliphatic hydroxyl groups is 1. The molecule has 0 aliphatic rings. The summed E-state index contributed by atoms with van der Waals surface area (Å²) in [4.78, 5) is 12.1. The number of nitrogens with one attached hydrogen (secondary N) is 1. The highest BCUT2D eigenvalue weighted by Crippen LogP contribution is 2.21. The van der Waals surface area contributed by atoms with E-state index in [2.05, 4.69) is 24.4 Å². The summed E-state index contributed by atoms with van der Waals surface area (Å²) in [6, 6.07) is 13.6. The smallest absolute Gasteiger partial charge is 0.328 e. The molecule has 6 heteroatoms. The Balaban J connectivity index is 1.43. The van der Waals surface area contributed by atoms with E-state index in [9.17, 15) is 9.90 Å². The third-order valence-electron chi connectivity index (χ3n) is 6.05. The van der Waals surface area contributed by atoms with Crippen molar-refractivity contribution in [3.05, 3.63) is 64.1 Å². The Morgan fingerprint density at radius 2 is 1.62 bits per heavy atom. The van der Waals surface area contributed by atoms with Crippen LogP contribution >= 0.6 is 0 Å². The molecule has 0 aliphatic carbocycles. The lowest BCUT2D eigenvalue weighted by Crippen LogP contribution is -2.19. The normalized spacial score (nSPS) is 12.4. The standard InChI is InChI=1S/C26H37N3O3/c1-4-5-6-7-8-9-16-27-18-20-10-13-22(14-11-20)32-19-25(30)21-12-15-23-24(17-21)29(3)26(31)28(23)2/h10-15,17,25,27,30H,4-9,16,18-19H2,1-3H3/t25-/m1/s1. The fourth-order valence-electron chi connectivity index (χ4n) is 3.97. The molecule has 2 aromatic carbocycles. The van der Waals surface area contributed by atoms with Gasteiger partial charge in [0.25, 0.3) is 0 Å². The predicted octanol–water partition coefficient (Wildman–Crippen LogP) is 4.44. The largest absolute Gasteiger partial charge is 0.491 e. The van der Waals surface area contributed by atoms with Gasteiger partial charge < -0.3 is 15.2 Å². The number of imidazole rings is 1. The number of fused-ring (bicyclic) bond motifs is 1. The average Bonchev–Trinajstić information content (AvgIpc) is 3.03. The molecule has 0 radical (unpaired) electrons. The maximum atomic E-state index is 12.1. The lowest BCUT2D eigenvalue weighted by atomic mass is 10.1. The van der Waals surface area contributed by atoms with Crippen LogP contribution in [0.15, 0.2) is 47.3 Å². The first kappa shape index (κ1) is 24.1. The third kappa shape index (κ3) is 6.24. The number of hydrogen-bond acceptors (Lipinski definition) is 4. The Morgan fingerprint density at radius 3 is 2.38 bits per heavy atom. The Kier molecular flexibility index (Phi) is 8.94. The molecule has 0 fully saturated rings. The number of aryl methyl sites for hydroxylation is 2. The molecule has 3 aromatic rings. The molecule has 32 heavy (non-hydrogen) atoms. The zero-order chi connectivity index (χ0) is 22.9. The minimum absolute atomic E-state index is 0.0792. The van der Waals surface area contributed by atoms with Crippen LogP contribution in [0, 0.1) is 0 Å². The summed E-state index contributed by atoms with van der Waals surface area (Å²) in [6.07, 6.45) is 7.10. The van der Waals surface area contributed by atoms with Crippen molar-refractivity contribution in [2.75, 3.05) is 13.2 Å². The minimum Gasteiger partial charge on any atom is -0.491 e. The summed E-state index contributed by atoms with van der Waals surface area (Å²) in [6.45, 7) is 4.31. The molecule has 6 nitrogen and oxygen atoms in total. The van der Waals surface area contributed by atoms with E-state index >= 15 is 0 Å². The predicted molar refractivity (Wildman–Crippen MR) is 130 cm³/mol. The van der Waals surface area contributed by atoms with E-state index in [1.54, 1.807) is 23.2 Å². The first-order valence-electron chi connectivity index (χ1n) is 11.8. The molecule has 0 saturated carbocycles. The fourth-order valence-corrected chi connectivity index (χ4v) is 3.97. The van der Waals surface area contributed by atoms with Crippen molar-refractivity contribution in [1.29, 1.82) is 0 Å². The molecular weight excluding hydrogens is 402 g/mol. The monoisotopic (exact) mass is 439 g/mol. The maximum Gasteiger partial charge on any atom is 0.328 e. The maximum absolute atomic E-state index is 12.1. The Labute approximate surface area is 190 Å². The summed E-state index contributed by atoms with van der Waals surface area (Å²) in [5.74, 6) is 0.733. The topological polar surface area (TPSA) is 68.4 Å². The molecule has 0 spiro atoms. The van der Waals surface area contributed by atoms with Gasteiger partial charge >= 0.3 is 5.69 Å². The van der Waals surface area contributed by atoms with Gasteiger partial charge in [-0.1, -0.05) is 57.2 Å². The van der Waals surface area contributed by atoms with Gasteiger partial charge in [-0.15, -0.1) is 0 Å². The van der Waals surface area contributed by atoms with Crippen molar-refractivity contribution >= 4 is 11.0 Å². The molecule has 0 aliphatic heterocycles. The van der Waals surface area contributed by atoms with Gasteiger partial charge in [0.1, 0.15) is 18.5 Å². The molecule has 0 amide bonds. The van der Waals surface area contributed by atoms with E-state index in [0.717, 1.165) is 35.4 Å². The van der Waals surface area contributed by atoms with Crippen LogP contribution in [0.25, 0.3) is 11.0 Å². The number of nitrogens with zero attached hydrogens (tertiary/aromatic N) is 2. The number of aromatic nitrogens is 2. The van der Waals surface area contributed by atoms with Crippen molar-refractivity contribution < 1.29 is 9.84 Å². The van der Waals surface area contributed by atoms with E-state index in [4.69, 9.17) is 4.74 Å². The SMILES string of the molecule is CCCCCCCCNCc1ccc(OC[C@@H](O)c2ccc3c(c2)n(C)c(=O)n3C)cc1. The number of rotatable bonds is 13. The van der Waals surface area contributed by atoms with Crippen molar-refractivity contribution in [3.8, 4) is 5.75 Å². The van der Waals surface area contributed by atoms with Gasteiger partial charge in [-0.25, -0.2) is 4.79 Å². The molecule has 1 aromatic heterocycles. The molecule has 0 saturated heterocycles. The molecule has 0 bridgehead atoms. The minimum atomic E-state index is -0.770. The van der Waals surface area contributed by atoms with Crippen molar-refractivity contribution in [2.24, 2.45) is 14.1 Å². The zero-order valence-electron chi connectivity index (χ0n) is 19.6. The molecule has 2 N–H and O–H groups in total. The van der Waals surface area contributed by atoms with Gasteiger partial charge in [0.15, 0.2) is 0 Å². The van der Waals surface area contributed by atoms with Gasteiger partial charge in [-0.2, -0.15) is 0 Å². The average molecular weight is 440 g/mol. The van der Waals surface area contributed by atoms with Crippen LogP contribution in [-0.2, 0) is 20.6 Å². The van der Waals surface area contributed by atoms with Crippen molar-refractivity contribution in [2.45, 2.75) is 58.1 Å². The summed E-state index contributed by atoms with van der Waals surface area (Å²) in [7, 11) is 3.49. The lowest BCUT2D eigenvalue weighted by molar-refractivity contribution is 0.108.